The maximum atomic E-state index is 12.4. The Balaban J connectivity index is 1.90. The summed E-state index contributed by atoms with van der Waals surface area (Å²) >= 11 is 0. The van der Waals surface area contributed by atoms with Crippen LogP contribution in [0.4, 0.5) is 5.69 Å². The predicted octanol–water partition coefficient (Wildman–Crippen LogP) is 2.80. The third-order valence-electron chi connectivity index (χ3n) is 4.13. The first-order valence-corrected chi connectivity index (χ1v) is 9.52. The van der Waals surface area contributed by atoms with E-state index < -0.39 is 5.97 Å². The monoisotopic (exact) mass is 397 g/mol. The molecule has 2 rings (SSSR count). The summed E-state index contributed by atoms with van der Waals surface area (Å²) in [5.74, 6) is -0.863. The Labute approximate surface area is 171 Å². The van der Waals surface area contributed by atoms with Crippen molar-refractivity contribution in [2.45, 2.75) is 13.3 Å². The van der Waals surface area contributed by atoms with Crippen LogP contribution in [0.15, 0.2) is 48.5 Å². The second-order valence-corrected chi connectivity index (χ2v) is 6.74. The SMILES string of the molecule is CCOC(=O)c1ccc(NC(=O)c2ccc(C(=O)NCCCN(C)C)cc2)cc1. The number of amides is 2. The van der Waals surface area contributed by atoms with Crippen LogP contribution in [0.1, 0.15) is 44.4 Å². The van der Waals surface area contributed by atoms with Crippen LogP contribution >= 0.6 is 0 Å². The number of nitrogens with zero attached hydrogens (tertiary/aromatic N) is 1. The highest BCUT2D eigenvalue weighted by Gasteiger charge is 2.10. The molecule has 0 unspecified atom stereocenters. The Hall–Kier alpha value is -3.19. The van der Waals surface area contributed by atoms with Crippen molar-refractivity contribution in [1.82, 2.24) is 10.2 Å². The van der Waals surface area contributed by atoms with Crippen LogP contribution in [-0.2, 0) is 4.74 Å². The molecular formula is C22H27N3O4. The minimum absolute atomic E-state index is 0.162. The van der Waals surface area contributed by atoms with Gasteiger partial charge in [0.2, 0.25) is 0 Å². The summed E-state index contributed by atoms with van der Waals surface area (Å²) in [6.07, 6.45) is 0.869. The number of hydrogen-bond acceptors (Lipinski definition) is 5. The van der Waals surface area contributed by atoms with E-state index in [0.29, 0.717) is 35.5 Å². The van der Waals surface area contributed by atoms with E-state index in [1.165, 1.54) is 0 Å². The average Bonchev–Trinajstić information content (AvgIpc) is 2.71. The second kappa shape index (κ2) is 11.0. The van der Waals surface area contributed by atoms with Gasteiger partial charge in [-0.25, -0.2) is 4.79 Å². The molecule has 0 aliphatic heterocycles. The van der Waals surface area contributed by atoms with E-state index in [0.717, 1.165) is 13.0 Å². The molecule has 7 nitrogen and oxygen atoms in total. The lowest BCUT2D eigenvalue weighted by molar-refractivity contribution is 0.0526. The van der Waals surface area contributed by atoms with E-state index in [1.54, 1.807) is 55.5 Å². The number of esters is 1. The van der Waals surface area contributed by atoms with E-state index in [4.69, 9.17) is 4.74 Å². The van der Waals surface area contributed by atoms with Crippen LogP contribution in [0.2, 0.25) is 0 Å². The van der Waals surface area contributed by atoms with Gasteiger partial charge in [0.05, 0.1) is 12.2 Å². The van der Waals surface area contributed by atoms with Gasteiger partial charge in [-0.3, -0.25) is 9.59 Å². The molecule has 29 heavy (non-hydrogen) atoms. The summed E-state index contributed by atoms with van der Waals surface area (Å²) in [4.78, 5) is 38.2. The molecule has 2 amide bonds. The van der Waals surface area contributed by atoms with Gasteiger partial charge in [0.15, 0.2) is 0 Å². The van der Waals surface area contributed by atoms with Crippen molar-refractivity contribution in [3.63, 3.8) is 0 Å². The van der Waals surface area contributed by atoms with E-state index >= 15 is 0 Å². The highest BCUT2D eigenvalue weighted by molar-refractivity contribution is 6.05. The zero-order valence-electron chi connectivity index (χ0n) is 17.0. The summed E-state index contributed by atoms with van der Waals surface area (Å²) in [7, 11) is 3.97. The molecule has 0 aliphatic rings. The van der Waals surface area contributed by atoms with E-state index in [9.17, 15) is 14.4 Å². The summed E-state index contributed by atoms with van der Waals surface area (Å²) in [6, 6.07) is 12.9. The van der Waals surface area contributed by atoms with Crippen LogP contribution in [0.3, 0.4) is 0 Å². The van der Waals surface area contributed by atoms with Gasteiger partial charge in [-0.15, -0.1) is 0 Å². The maximum absolute atomic E-state index is 12.4. The van der Waals surface area contributed by atoms with Gasteiger partial charge in [0.1, 0.15) is 0 Å². The average molecular weight is 397 g/mol. The number of nitrogens with one attached hydrogen (secondary N) is 2. The highest BCUT2D eigenvalue weighted by atomic mass is 16.5. The maximum Gasteiger partial charge on any atom is 0.338 e. The molecule has 154 valence electrons. The summed E-state index contributed by atoms with van der Waals surface area (Å²) in [5.41, 5.74) is 1.92. The number of ether oxygens (including phenoxy) is 1. The fraction of sp³-hybridized carbons (Fsp3) is 0.318. The normalized spacial score (nSPS) is 10.5. The van der Waals surface area contributed by atoms with Gasteiger partial charge in [-0.1, -0.05) is 0 Å². The molecule has 7 heteroatoms. The Morgan fingerprint density at radius 3 is 1.97 bits per heavy atom. The smallest absolute Gasteiger partial charge is 0.338 e. The first-order valence-electron chi connectivity index (χ1n) is 9.52. The molecule has 0 fully saturated rings. The molecule has 0 saturated carbocycles. The molecule has 0 saturated heterocycles. The largest absolute Gasteiger partial charge is 0.462 e. The van der Waals surface area contributed by atoms with Crippen molar-refractivity contribution in [3.05, 3.63) is 65.2 Å². The number of rotatable bonds is 9. The van der Waals surface area contributed by atoms with Crippen LogP contribution in [0, 0.1) is 0 Å². The van der Waals surface area contributed by atoms with E-state index in [2.05, 4.69) is 15.5 Å². The predicted molar refractivity (Wildman–Crippen MR) is 112 cm³/mol. The molecule has 0 radical (unpaired) electrons. The molecule has 0 heterocycles. The first kappa shape index (κ1) is 22.1. The fourth-order valence-corrected chi connectivity index (χ4v) is 2.58. The van der Waals surface area contributed by atoms with Gasteiger partial charge in [-0.05, 0) is 82.5 Å². The minimum Gasteiger partial charge on any atom is -0.462 e. The van der Waals surface area contributed by atoms with Gasteiger partial charge in [0.25, 0.3) is 11.8 Å². The Bertz CT molecular complexity index is 830. The number of anilines is 1. The number of carbonyl (C=O) groups is 3. The Morgan fingerprint density at radius 1 is 0.862 bits per heavy atom. The molecule has 2 aromatic rings. The highest BCUT2D eigenvalue weighted by Crippen LogP contribution is 2.13. The van der Waals surface area contributed by atoms with Crippen molar-refractivity contribution < 1.29 is 19.1 Å². The lowest BCUT2D eigenvalue weighted by Gasteiger charge is -2.10. The van der Waals surface area contributed by atoms with Crippen LogP contribution < -0.4 is 10.6 Å². The second-order valence-electron chi connectivity index (χ2n) is 6.74. The minimum atomic E-state index is -0.402. The van der Waals surface area contributed by atoms with Crippen molar-refractivity contribution in [2.24, 2.45) is 0 Å². The van der Waals surface area contributed by atoms with Crippen molar-refractivity contribution in [1.29, 1.82) is 0 Å². The van der Waals surface area contributed by atoms with Gasteiger partial charge in [-0.2, -0.15) is 0 Å². The topological polar surface area (TPSA) is 87.7 Å². The van der Waals surface area contributed by atoms with Crippen molar-refractivity contribution in [3.8, 4) is 0 Å². The zero-order chi connectivity index (χ0) is 21.2. The van der Waals surface area contributed by atoms with E-state index in [1.807, 2.05) is 14.1 Å². The fourth-order valence-electron chi connectivity index (χ4n) is 2.58. The molecule has 0 bridgehead atoms. The van der Waals surface area contributed by atoms with Gasteiger partial charge < -0.3 is 20.3 Å². The quantitative estimate of drug-likeness (QED) is 0.502. The zero-order valence-corrected chi connectivity index (χ0v) is 17.0. The number of benzene rings is 2. The lowest BCUT2D eigenvalue weighted by atomic mass is 10.1. The first-order chi connectivity index (χ1) is 13.9. The van der Waals surface area contributed by atoms with Crippen molar-refractivity contribution in [2.75, 3.05) is 39.1 Å². The Morgan fingerprint density at radius 2 is 1.41 bits per heavy atom. The number of hydrogen-bond donors (Lipinski definition) is 2. The van der Waals surface area contributed by atoms with Crippen molar-refractivity contribution >= 4 is 23.5 Å². The molecule has 2 aromatic carbocycles. The molecule has 0 aliphatic carbocycles. The van der Waals surface area contributed by atoms with E-state index in [-0.39, 0.29) is 11.8 Å². The van der Waals surface area contributed by atoms with Gasteiger partial charge >= 0.3 is 5.97 Å². The molecule has 2 N–H and O–H groups in total. The van der Waals surface area contributed by atoms with Crippen LogP contribution in [-0.4, -0.2) is 56.5 Å². The van der Waals surface area contributed by atoms with Crippen LogP contribution in [0.25, 0.3) is 0 Å². The summed E-state index contributed by atoms with van der Waals surface area (Å²) < 4.78 is 4.93. The molecule has 0 aromatic heterocycles. The number of carbonyl (C=O) groups excluding carboxylic acids is 3. The molecular weight excluding hydrogens is 370 g/mol. The molecule has 0 spiro atoms. The lowest BCUT2D eigenvalue weighted by Crippen LogP contribution is -2.27. The standard InChI is InChI=1S/C22H27N3O4/c1-4-29-22(28)18-10-12-19(13-11-18)24-21(27)17-8-6-16(7-9-17)20(26)23-14-5-15-25(2)3/h6-13H,4-5,14-15H2,1-3H3,(H,23,26)(H,24,27). The third-order valence-corrected chi connectivity index (χ3v) is 4.13. The Kier molecular flexibility index (Phi) is 8.36. The third kappa shape index (κ3) is 7.04. The molecule has 0 atom stereocenters. The van der Waals surface area contributed by atoms with Gasteiger partial charge in [0, 0.05) is 23.4 Å². The summed E-state index contributed by atoms with van der Waals surface area (Å²) in [5, 5.41) is 5.62. The summed E-state index contributed by atoms with van der Waals surface area (Å²) in [6.45, 7) is 3.55. The van der Waals surface area contributed by atoms with Crippen LogP contribution in [0.5, 0.6) is 0 Å².